The van der Waals surface area contributed by atoms with E-state index in [4.69, 9.17) is 26.4 Å². The van der Waals surface area contributed by atoms with Gasteiger partial charge in [-0.15, -0.1) is 0 Å². The van der Waals surface area contributed by atoms with Gasteiger partial charge in [-0.05, 0) is 54.7 Å². The van der Waals surface area contributed by atoms with E-state index in [0.29, 0.717) is 16.7 Å². The van der Waals surface area contributed by atoms with Crippen LogP contribution in [0.4, 0.5) is 11.4 Å². The largest absolute Gasteiger partial charge is 0.497 e. The zero-order valence-corrected chi connectivity index (χ0v) is 15.7. The summed E-state index contributed by atoms with van der Waals surface area (Å²) in [4.78, 5) is 4.28. The molecule has 0 saturated carbocycles. The van der Waals surface area contributed by atoms with Gasteiger partial charge in [-0.2, -0.15) is 0 Å². The van der Waals surface area contributed by atoms with Gasteiger partial charge in [0.05, 0.1) is 26.1 Å². The zero-order chi connectivity index (χ0) is 19.1. The van der Waals surface area contributed by atoms with Crippen LogP contribution in [0.3, 0.4) is 0 Å². The fourth-order valence-corrected chi connectivity index (χ4v) is 2.50. The summed E-state index contributed by atoms with van der Waals surface area (Å²) < 4.78 is 16.0. The Morgan fingerprint density at radius 2 is 1.48 bits per heavy atom. The molecule has 2 aromatic carbocycles. The highest BCUT2D eigenvalue weighted by Crippen LogP contribution is 2.24. The monoisotopic (exact) mass is 381 g/mol. The first kappa shape index (κ1) is 18.5. The molecule has 0 fully saturated rings. The Morgan fingerprint density at radius 3 is 2.15 bits per heavy atom. The molecule has 27 heavy (non-hydrogen) atoms. The topological polar surface area (TPSA) is 64.6 Å². The molecule has 0 aliphatic heterocycles. The summed E-state index contributed by atoms with van der Waals surface area (Å²) in [6.07, 6.45) is 1.65. The lowest BCUT2D eigenvalue weighted by Crippen LogP contribution is -2.19. The van der Waals surface area contributed by atoms with Crippen molar-refractivity contribution in [2.45, 2.75) is 0 Å². The summed E-state index contributed by atoms with van der Waals surface area (Å²) in [6.45, 7) is 0. The second-order valence-electron chi connectivity index (χ2n) is 5.47. The fourth-order valence-electron chi connectivity index (χ4n) is 2.27. The van der Waals surface area contributed by atoms with Crippen LogP contribution < -0.4 is 24.8 Å². The van der Waals surface area contributed by atoms with Crippen molar-refractivity contribution in [1.82, 2.24) is 4.98 Å². The Labute approximate surface area is 163 Å². The molecule has 138 valence electrons. The van der Waals surface area contributed by atoms with E-state index in [2.05, 4.69) is 15.6 Å². The van der Waals surface area contributed by atoms with Crippen LogP contribution >= 0.6 is 12.2 Å². The summed E-state index contributed by atoms with van der Waals surface area (Å²) in [5.74, 6) is 2.64. The minimum atomic E-state index is 0.462. The molecule has 0 aliphatic carbocycles. The number of thiocarbonyl (C=S) groups is 1. The highest BCUT2D eigenvalue weighted by Gasteiger charge is 2.03. The van der Waals surface area contributed by atoms with Gasteiger partial charge in [0, 0.05) is 17.8 Å². The van der Waals surface area contributed by atoms with E-state index in [0.717, 1.165) is 22.9 Å². The van der Waals surface area contributed by atoms with E-state index in [1.165, 1.54) is 0 Å². The van der Waals surface area contributed by atoms with Crippen molar-refractivity contribution in [2.24, 2.45) is 0 Å². The molecule has 0 unspecified atom stereocenters. The third-order valence-electron chi connectivity index (χ3n) is 3.61. The van der Waals surface area contributed by atoms with Crippen LogP contribution in [0.5, 0.6) is 23.1 Å². The smallest absolute Gasteiger partial charge is 0.219 e. The molecule has 6 nitrogen and oxygen atoms in total. The van der Waals surface area contributed by atoms with Crippen molar-refractivity contribution < 1.29 is 14.2 Å². The first-order chi connectivity index (χ1) is 13.2. The van der Waals surface area contributed by atoms with Crippen molar-refractivity contribution >= 4 is 28.7 Å². The molecule has 2 N–H and O–H groups in total. The van der Waals surface area contributed by atoms with Gasteiger partial charge < -0.3 is 24.8 Å². The molecule has 0 bridgehead atoms. The quantitative estimate of drug-likeness (QED) is 0.600. The van der Waals surface area contributed by atoms with Crippen LogP contribution in [0.2, 0.25) is 0 Å². The molecular weight excluding hydrogens is 362 g/mol. The molecule has 0 spiro atoms. The van der Waals surface area contributed by atoms with Crippen LogP contribution in [-0.4, -0.2) is 24.3 Å². The van der Waals surface area contributed by atoms with Crippen molar-refractivity contribution in [2.75, 3.05) is 24.9 Å². The maximum Gasteiger partial charge on any atom is 0.219 e. The Bertz CT molecular complexity index is 899. The van der Waals surface area contributed by atoms with Gasteiger partial charge in [-0.25, -0.2) is 4.98 Å². The number of methoxy groups -OCH3 is 2. The number of pyridine rings is 1. The Hall–Kier alpha value is -3.32. The van der Waals surface area contributed by atoms with Crippen LogP contribution in [-0.2, 0) is 0 Å². The number of ether oxygens (including phenoxy) is 3. The average molecular weight is 381 g/mol. The number of benzene rings is 2. The third-order valence-corrected chi connectivity index (χ3v) is 3.81. The lowest BCUT2D eigenvalue weighted by Gasteiger charge is -2.11. The molecule has 7 heteroatoms. The average Bonchev–Trinajstić information content (AvgIpc) is 2.70. The molecule has 0 aliphatic rings. The fraction of sp³-hybridized carbons (Fsp3) is 0.100. The lowest BCUT2D eigenvalue weighted by molar-refractivity contribution is 0.407. The van der Waals surface area contributed by atoms with E-state index >= 15 is 0 Å². The van der Waals surface area contributed by atoms with Gasteiger partial charge in [0.15, 0.2) is 5.11 Å². The SMILES string of the molecule is COc1ccc(NC(=S)Nc2ccc(Oc3cccc(OC)c3)nc2)cc1. The van der Waals surface area contributed by atoms with Crippen LogP contribution in [0.25, 0.3) is 0 Å². The normalized spacial score (nSPS) is 10.0. The number of nitrogens with one attached hydrogen (secondary N) is 2. The Balaban J connectivity index is 1.57. The molecule has 3 aromatic rings. The van der Waals surface area contributed by atoms with Gasteiger partial charge in [-0.1, -0.05) is 6.07 Å². The summed E-state index contributed by atoms with van der Waals surface area (Å²) in [5, 5.41) is 6.64. The molecule has 3 rings (SSSR count). The second-order valence-corrected chi connectivity index (χ2v) is 5.88. The van der Waals surface area contributed by atoms with E-state index in [-0.39, 0.29) is 0 Å². The molecule has 1 heterocycles. The molecule has 0 radical (unpaired) electrons. The summed E-state index contributed by atoms with van der Waals surface area (Å²) in [5.41, 5.74) is 1.61. The first-order valence-corrected chi connectivity index (χ1v) is 8.57. The van der Waals surface area contributed by atoms with E-state index < -0.39 is 0 Å². The molecule has 0 amide bonds. The highest BCUT2D eigenvalue weighted by molar-refractivity contribution is 7.80. The second kappa shape index (κ2) is 8.86. The van der Waals surface area contributed by atoms with E-state index in [9.17, 15) is 0 Å². The number of anilines is 2. The van der Waals surface area contributed by atoms with Crippen molar-refractivity contribution in [3.05, 3.63) is 66.9 Å². The van der Waals surface area contributed by atoms with E-state index in [1.54, 1.807) is 32.5 Å². The van der Waals surface area contributed by atoms with Crippen molar-refractivity contribution in [1.29, 1.82) is 0 Å². The number of nitrogens with zero attached hydrogens (tertiary/aromatic N) is 1. The summed E-state index contributed by atoms with van der Waals surface area (Å²) in [7, 11) is 3.24. The molecular formula is C20H19N3O3S. The minimum Gasteiger partial charge on any atom is -0.497 e. The van der Waals surface area contributed by atoms with Crippen molar-refractivity contribution in [3.8, 4) is 23.1 Å². The molecule has 0 saturated heterocycles. The lowest BCUT2D eigenvalue weighted by atomic mass is 10.3. The predicted octanol–water partition coefficient (Wildman–Crippen LogP) is 4.70. The predicted molar refractivity (Wildman–Crippen MR) is 110 cm³/mol. The van der Waals surface area contributed by atoms with Gasteiger partial charge in [-0.3, -0.25) is 0 Å². The van der Waals surface area contributed by atoms with Crippen LogP contribution in [0.15, 0.2) is 66.9 Å². The highest BCUT2D eigenvalue weighted by atomic mass is 32.1. The number of hydrogen-bond donors (Lipinski definition) is 2. The summed E-state index contributed by atoms with van der Waals surface area (Å²) in [6, 6.07) is 18.4. The van der Waals surface area contributed by atoms with E-state index in [1.807, 2.05) is 48.5 Å². The zero-order valence-electron chi connectivity index (χ0n) is 14.9. The Morgan fingerprint density at radius 1 is 0.815 bits per heavy atom. The maximum absolute atomic E-state index is 5.72. The number of hydrogen-bond acceptors (Lipinski definition) is 5. The van der Waals surface area contributed by atoms with Gasteiger partial charge in [0.1, 0.15) is 17.2 Å². The Kier molecular flexibility index (Phi) is 6.06. The van der Waals surface area contributed by atoms with Crippen molar-refractivity contribution in [3.63, 3.8) is 0 Å². The number of aromatic nitrogens is 1. The summed E-state index contributed by atoms with van der Waals surface area (Å²) >= 11 is 5.32. The number of rotatable bonds is 6. The molecule has 1 aromatic heterocycles. The maximum atomic E-state index is 5.72. The van der Waals surface area contributed by atoms with Gasteiger partial charge in [0.2, 0.25) is 5.88 Å². The minimum absolute atomic E-state index is 0.462. The van der Waals surface area contributed by atoms with Gasteiger partial charge >= 0.3 is 0 Å². The standard InChI is InChI=1S/C20H19N3O3S/c1-24-16-9-6-14(7-10-16)22-20(27)23-15-8-11-19(21-13-15)26-18-5-3-4-17(12-18)25-2/h3-13H,1-2H3,(H2,22,23,27). The van der Waals surface area contributed by atoms with Crippen LogP contribution in [0.1, 0.15) is 0 Å². The van der Waals surface area contributed by atoms with Gasteiger partial charge in [0.25, 0.3) is 0 Å². The molecule has 0 atom stereocenters. The first-order valence-electron chi connectivity index (χ1n) is 8.16. The third kappa shape index (κ3) is 5.32. The van der Waals surface area contributed by atoms with Crippen LogP contribution in [0, 0.1) is 0 Å².